The smallest absolute Gasteiger partial charge is 0.269 e. The van der Waals surface area contributed by atoms with E-state index in [4.69, 9.17) is 0 Å². The van der Waals surface area contributed by atoms with Crippen molar-refractivity contribution in [2.75, 3.05) is 7.05 Å². The van der Waals surface area contributed by atoms with Crippen LogP contribution in [0.2, 0.25) is 0 Å². The van der Waals surface area contributed by atoms with Gasteiger partial charge in [-0.05, 0) is 11.1 Å². The van der Waals surface area contributed by atoms with E-state index in [1.165, 1.54) is 19.2 Å². The fourth-order valence-electron chi connectivity index (χ4n) is 2.40. The zero-order valence-corrected chi connectivity index (χ0v) is 13.8. The van der Waals surface area contributed by atoms with Gasteiger partial charge in [-0.3, -0.25) is 19.7 Å². The van der Waals surface area contributed by atoms with E-state index in [0.29, 0.717) is 0 Å². The van der Waals surface area contributed by atoms with Crippen LogP contribution in [0.3, 0.4) is 0 Å². The Morgan fingerprint density at radius 1 is 1.04 bits per heavy atom. The van der Waals surface area contributed by atoms with E-state index in [9.17, 15) is 19.7 Å². The van der Waals surface area contributed by atoms with Crippen molar-refractivity contribution in [2.45, 2.75) is 18.9 Å². The van der Waals surface area contributed by atoms with Gasteiger partial charge in [0.1, 0.15) is 6.04 Å². The van der Waals surface area contributed by atoms with Gasteiger partial charge in [0, 0.05) is 25.6 Å². The molecule has 2 aromatic rings. The molecule has 25 heavy (non-hydrogen) atoms. The van der Waals surface area contributed by atoms with Gasteiger partial charge in [0.25, 0.3) is 5.69 Å². The second-order valence-electron chi connectivity index (χ2n) is 5.52. The first-order chi connectivity index (χ1) is 12.0. The molecule has 0 aliphatic heterocycles. The van der Waals surface area contributed by atoms with E-state index in [2.05, 4.69) is 10.6 Å². The third-order valence-electron chi connectivity index (χ3n) is 3.69. The number of nitrogens with zero attached hydrogens (tertiary/aromatic N) is 1. The van der Waals surface area contributed by atoms with E-state index in [0.717, 1.165) is 11.1 Å². The molecular formula is C18H19N3O4. The SMILES string of the molecule is CNC(=O)C(Cc1ccc([N+](=O)[O-])cc1)NC(=O)Cc1ccccc1. The quantitative estimate of drug-likeness (QED) is 0.590. The van der Waals surface area contributed by atoms with Crippen molar-refractivity contribution in [1.29, 1.82) is 0 Å². The molecule has 0 aliphatic rings. The molecule has 1 atom stereocenters. The van der Waals surface area contributed by atoms with Crippen LogP contribution in [0.1, 0.15) is 11.1 Å². The molecule has 7 heteroatoms. The number of amides is 2. The standard InChI is InChI=1S/C18H19N3O4/c1-19-18(23)16(11-14-7-9-15(10-8-14)21(24)25)20-17(22)12-13-5-3-2-4-6-13/h2-10,16H,11-12H2,1H3,(H,19,23)(H,20,22). The van der Waals surface area contributed by atoms with Crippen LogP contribution in [0.15, 0.2) is 54.6 Å². The predicted molar refractivity (Wildman–Crippen MR) is 92.9 cm³/mol. The van der Waals surface area contributed by atoms with E-state index in [-0.39, 0.29) is 30.3 Å². The number of hydrogen-bond acceptors (Lipinski definition) is 4. The van der Waals surface area contributed by atoms with Gasteiger partial charge >= 0.3 is 0 Å². The van der Waals surface area contributed by atoms with Crippen molar-refractivity contribution in [3.05, 3.63) is 75.8 Å². The summed E-state index contributed by atoms with van der Waals surface area (Å²) in [4.78, 5) is 34.4. The average Bonchev–Trinajstić information content (AvgIpc) is 2.61. The summed E-state index contributed by atoms with van der Waals surface area (Å²) in [5.74, 6) is -0.582. The summed E-state index contributed by atoms with van der Waals surface area (Å²) >= 11 is 0. The van der Waals surface area contributed by atoms with Crippen molar-refractivity contribution in [3.63, 3.8) is 0 Å². The minimum atomic E-state index is -0.748. The molecule has 130 valence electrons. The zero-order valence-electron chi connectivity index (χ0n) is 13.8. The molecule has 2 N–H and O–H groups in total. The third kappa shape index (κ3) is 5.42. The molecule has 0 radical (unpaired) electrons. The normalized spacial score (nSPS) is 11.4. The summed E-state index contributed by atoms with van der Waals surface area (Å²) < 4.78 is 0. The van der Waals surface area contributed by atoms with Crippen LogP contribution < -0.4 is 10.6 Å². The number of hydrogen-bond donors (Lipinski definition) is 2. The Kier molecular flexibility index (Phi) is 6.22. The highest BCUT2D eigenvalue weighted by Crippen LogP contribution is 2.13. The van der Waals surface area contributed by atoms with Gasteiger partial charge in [-0.25, -0.2) is 0 Å². The van der Waals surface area contributed by atoms with Crippen molar-refractivity contribution in [1.82, 2.24) is 10.6 Å². The van der Waals surface area contributed by atoms with Gasteiger partial charge in [0.15, 0.2) is 0 Å². The number of carbonyl (C=O) groups excluding carboxylic acids is 2. The first kappa shape index (κ1) is 18.1. The minimum absolute atomic E-state index is 0.0200. The fourth-order valence-corrected chi connectivity index (χ4v) is 2.40. The maximum Gasteiger partial charge on any atom is 0.269 e. The monoisotopic (exact) mass is 341 g/mol. The Bertz CT molecular complexity index is 745. The van der Waals surface area contributed by atoms with Gasteiger partial charge < -0.3 is 10.6 Å². The van der Waals surface area contributed by atoms with E-state index >= 15 is 0 Å². The summed E-state index contributed by atoms with van der Waals surface area (Å²) in [5, 5.41) is 15.9. The molecule has 0 aliphatic carbocycles. The molecule has 1 unspecified atom stereocenters. The molecule has 0 saturated carbocycles. The van der Waals surface area contributed by atoms with E-state index in [1.807, 2.05) is 30.3 Å². The maximum absolute atomic E-state index is 12.2. The van der Waals surface area contributed by atoms with Crippen LogP contribution in [0.5, 0.6) is 0 Å². The number of benzene rings is 2. The molecule has 0 aromatic heterocycles. The lowest BCUT2D eigenvalue weighted by molar-refractivity contribution is -0.384. The molecule has 2 aromatic carbocycles. The van der Waals surface area contributed by atoms with Gasteiger partial charge in [-0.1, -0.05) is 42.5 Å². The second-order valence-corrected chi connectivity index (χ2v) is 5.52. The largest absolute Gasteiger partial charge is 0.357 e. The first-order valence-corrected chi connectivity index (χ1v) is 7.78. The number of nitro groups is 1. The second kappa shape index (κ2) is 8.58. The lowest BCUT2D eigenvalue weighted by Gasteiger charge is -2.17. The van der Waals surface area contributed by atoms with Crippen LogP contribution in [0.25, 0.3) is 0 Å². The summed E-state index contributed by atoms with van der Waals surface area (Å²) in [6.07, 6.45) is 0.423. The fraction of sp³-hybridized carbons (Fsp3) is 0.222. The van der Waals surface area contributed by atoms with Crippen molar-refractivity contribution in [2.24, 2.45) is 0 Å². The summed E-state index contributed by atoms with van der Waals surface area (Å²) in [7, 11) is 1.49. The van der Waals surface area contributed by atoms with Crippen molar-refractivity contribution >= 4 is 17.5 Å². The molecule has 0 spiro atoms. The molecule has 2 amide bonds. The van der Waals surface area contributed by atoms with Crippen LogP contribution >= 0.6 is 0 Å². The highest BCUT2D eigenvalue weighted by atomic mass is 16.6. The summed E-state index contributed by atoms with van der Waals surface area (Å²) in [6, 6.07) is 14.4. The number of nitro benzene ring substituents is 1. The highest BCUT2D eigenvalue weighted by molar-refractivity contribution is 5.88. The molecule has 2 rings (SSSR count). The van der Waals surface area contributed by atoms with Gasteiger partial charge in [0.05, 0.1) is 11.3 Å². The van der Waals surface area contributed by atoms with Crippen LogP contribution in [0.4, 0.5) is 5.69 Å². The third-order valence-corrected chi connectivity index (χ3v) is 3.69. The molecule has 7 nitrogen and oxygen atoms in total. The highest BCUT2D eigenvalue weighted by Gasteiger charge is 2.20. The molecule has 0 heterocycles. The number of rotatable bonds is 7. The van der Waals surface area contributed by atoms with Crippen LogP contribution in [0, 0.1) is 10.1 Å². The zero-order chi connectivity index (χ0) is 18.2. The Labute approximate surface area is 145 Å². The van der Waals surface area contributed by atoms with E-state index in [1.54, 1.807) is 12.1 Å². The number of carbonyl (C=O) groups is 2. The summed E-state index contributed by atoms with van der Waals surface area (Å²) in [6.45, 7) is 0. The van der Waals surface area contributed by atoms with Crippen molar-refractivity contribution < 1.29 is 14.5 Å². The van der Waals surface area contributed by atoms with E-state index < -0.39 is 11.0 Å². The number of nitrogens with one attached hydrogen (secondary N) is 2. The number of non-ortho nitro benzene ring substituents is 1. The molecule has 0 bridgehead atoms. The predicted octanol–water partition coefficient (Wildman–Crippen LogP) is 1.61. The Hall–Kier alpha value is -3.22. The average molecular weight is 341 g/mol. The Morgan fingerprint density at radius 2 is 1.68 bits per heavy atom. The van der Waals surface area contributed by atoms with Crippen LogP contribution in [-0.2, 0) is 22.4 Å². The topological polar surface area (TPSA) is 101 Å². The molecule has 0 saturated heterocycles. The summed E-state index contributed by atoms with van der Waals surface area (Å²) in [5.41, 5.74) is 1.55. The van der Waals surface area contributed by atoms with Gasteiger partial charge in [-0.2, -0.15) is 0 Å². The minimum Gasteiger partial charge on any atom is -0.357 e. The number of likely N-dealkylation sites (N-methyl/N-ethyl adjacent to an activating group) is 1. The lowest BCUT2D eigenvalue weighted by atomic mass is 10.0. The van der Waals surface area contributed by atoms with Crippen molar-refractivity contribution in [3.8, 4) is 0 Å². The molecule has 0 fully saturated rings. The first-order valence-electron chi connectivity index (χ1n) is 7.78. The Balaban J connectivity index is 2.04. The van der Waals surface area contributed by atoms with Crippen LogP contribution in [-0.4, -0.2) is 29.8 Å². The Morgan fingerprint density at radius 3 is 2.24 bits per heavy atom. The van der Waals surface area contributed by atoms with Gasteiger partial charge in [-0.15, -0.1) is 0 Å². The maximum atomic E-state index is 12.2. The molecular weight excluding hydrogens is 322 g/mol. The lowest BCUT2D eigenvalue weighted by Crippen LogP contribution is -2.47. The van der Waals surface area contributed by atoms with Gasteiger partial charge in [0.2, 0.25) is 11.8 Å².